The lowest BCUT2D eigenvalue weighted by atomic mass is 9.78. The molecule has 0 fully saturated rings. The molecule has 0 radical (unpaired) electrons. The molecule has 0 aliphatic carbocycles. The molecule has 1 N–H and O–H groups in total. The number of benzene rings is 2. The van der Waals surface area contributed by atoms with Gasteiger partial charge in [-0.15, -0.1) is 0 Å². The fourth-order valence-electron chi connectivity index (χ4n) is 4.83. The Morgan fingerprint density at radius 1 is 0.600 bits per heavy atom. The van der Waals surface area contributed by atoms with E-state index in [1.165, 1.54) is 0 Å². The minimum atomic E-state index is -3.96. The van der Waals surface area contributed by atoms with Gasteiger partial charge in [0.1, 0.15) is 11.5 Å². The SMILES string of the molecule is CCOc1c(C(C)(C)C)cc(COP(=O)(O)Cc2cc(C(C)(C)C)c(OCC)c(C(C)(C)C)c2)cc1C(C)(C)C. The Bertz CT molecular complexity index is 1150. The van der Waals surface area contributed by atoms with Gasteiger partial charge in [-0.25, -0.2) is 0 Å². The highest BCUT2D eigenvalue weighted by molar-refractivity contribution is 7.51. The summed E-state index contributed by atoms with van der Waals surface area (Å²) in [6, 6.07) is 8.15. The van der Waals surface area contributed by atoms with Crippen LogP contribution in [0.25, 0.3) is 0 Å². The molecule has 226 valence electrons. The minimum Gasteiger partial charge on any atom is -0.493 e. The summed E-state index contributed by atoms with van der Waals surface area (Å²) in [6.45, 7) is 30.9. The first-order valence-electron chi connectivity index (χ1n) is 14.6. The average Bonchev–Trinajstić information content (AvgIpc) is 2.76. The van der Waals surface area contributed by atoms with E-state index in [9.17, 15) is 9.46 Å². The van der Waals surface area contributed by atoms with Crippen LogP contribution in [-0.2, 0) is 43.5 Å². The monoisotopic (exact) mass is 574 g/mol. The van der Waals surface area contributed by atoms with Crippen molar-refractivity contribution in [1.29, 1.82) is 0 Å². The third kappa shape index (κ3) is 8.84. The van der Waals surface area contributed by atoms with Gasteiger partial charge in [0.15, 0.2) is 0 Å². The molecule has 0 aliphatic heterocycles. The predicted octanol–water partition coefficient (Wildman–Crippen LogP) is 9.58. The molecule has 6 heteroatoms. The Balaban J connectivity index is 2.51. The second kappa shape index (κ2) is 12.2. The summed E-state index contributed by atoms with van der Waals surface area (Å²) in [4.78, 5) is 11.1. The lowest BCUT2D eigenvalue weighted by Gasteiger charge is -2.31. The van der Waals surface area contributed by atoms with Crippen LogP contribution in [0.5, 0.6) is 11.5 Å². The zero-order valence-electron chi connectivity index (χ0n) is 27.7. The first-order valence-corrected chi connectivity index (χ1v) is 16.3. The van der Waals surface area contributed by atoms with Crippen LogP contribution in [0, 0.1) is 0 Å². The van der Waals surface area contributed by atoms with Crippen molar-refractivity contribution >= 4 is 7.60 Å². The van der Waals surface area contributed by atoms with Gasteiger partial charge in [0.25, 0.3) is 0 Å². The molecule has 0 amide bonds. The summed E-state index contributed by atoms with van der Waals surface area (Å²) in [7, 11) is -3.96. The van der Waals surface area contributed by atoms with E-state index in [0.29, 0.717) is 13.2 Å². The quantitative estimate of drug-likeness (QED) is 0.302. The van der Waals surface area contributed by atoms with Crippen molar-refractivity contribution in [3.8, 4) is 11.5 Å². The Kier molecular flexibility index (Phi) is 10.5. The van der Waals surface area contributed by atoms with Crippen LogP contribution in [0.4, 0.5) is 0 Å². The molecule has 5 nitrogen and oxygen atoms in total. The average molecular weight is 575 g/mol. The maximum Gasteiger partial charge on any atom is 0.332 e. The third-order valence-electron chi connectivity index (χ3n) is 6.92. The van der Waals surface area contributed by atoms with Crippen LogP contribution in [0.1, 0.15) is 130 Å². The number of ether oxygens (including phenoxy) is 2. The molecule has 0 aliphatic rings. The lowest BCUT2D eigenvalue weighted by molar-refractivity contribution is 0.248. The van der Waals surface area contributed by atoms with Crippen LogP contribution in [0.3, 0.4) is 0 Å². The van der Waals surface area contributed by atoms with Gasteiger partial charge in [0.05, 0.1) is 26.0 Å². The van der Waals surface area contributed by atoms with Crippen LogP contribution in [0.15, 0.2) is 24.3 Å². The van der Waals surface area contributed by atoms with E-state index < -0.39 is 7.60 Å². The van der Waals surface area contributed by atoms with E-state index in [0.717, 1.165) is 44.9 Å². The van der Waals surface area contributed by atoms with Crippen LogP contribution >= 0.6 is 7.60 Å². The second-order valence-corrected chi connectivity index (χ2v) is 16.8. The third-order valence-corrected chi connectivity index (χ3v) is 8.22. The summed E-state index contributed by atoms with van der Waals surface area (Å²) in [5.74, 6) is 1.77. The number of hydrogen-bond acceptors (Lipinski definition) is 4. The Morgan fingerprint density at radius 2 is 0.900 bits per heavy atom. The standard InChI is InChI=1S/C34H55O5P/c1-15-37-29-25(31(3,4)5)17-23(18-26(29)32(6,7)8)21-39-40(35,36)22-24-19-27(33(9,10)11)30(38-16-2)28(20-24)34(12,13)14/h17-20H,15-16,21-22H2,1-14H3,(H,35,36). The molecule has 2 aromatic rings. The molecule has 0 aromatic heterocycles. The van der Waals surface area contributed by atoms with Gasteiger partial charge in [-0.3, -0.25) is 4.57 Å². The van der Waals surface area contributed by atoms with Gasteiger partial charge >= 0.3 is 7.60 Å². The molecule has 0 saturated carbocycles. The van der Waals surface area contributed by atoms with E-state index in [1.54, 1.807) is 0 Å². The number of hydrogen-bond donors (Lipinski definition) is 1. The first kappa shape index (κ1) is 34.4. The summed E-state index contributed by atoms with van der Waals surface area (Å²) in [5, 5.41) is 0. The Hall–Kier alpha value is -1.81. The Morgan fingerprint density at radius 3 is 1.18 bits per heavy atom. The van der Waals surface area contributed by atoms with Crippen molar-refractivity contribution in [3.63, 3.8) is 0 Å². The van der Waals surface area contributed by atoms with E-state index in [4.69, 9.17) is 14.0 Å². The molecular formula is C34H55O5P. The van der Waals surface area contributed by atoms with Crippen molar-refractivity contribution in [2.24, 2.45) is 0 Å². The van der Waals surface area contributed by atoms with Crippen LogP contribution < -0.4 is 9.47 Å². The van der Waals surface area contributed by atoms with Gasteiger partial charge < -0.3 is 18.9 Å². The van der Waals surface area contributed by atoms with Gasteiger partial charge in [-0.1, -0.05) is 95.2 Å². The first-order chi connectivity index (χ1) is 18.0. The second-order valence-electron chi connectivity index (χ2n) is 15.0. The van der Waals surface area contributed by atoms with Crippen LogP contribution in [-0.4, -0.2) is 18.1 Å². The van der Waals surface area contributed by atoms with Gasteiger partial charge in [0.2, 0.25) is 0 Å². The molecule has 0 saturated heterocycles. The predicted molar refractivity (Wildman–Crippen MR) is 168 cm³/mol. The molecule has 0 bridgehead atoms. The smallest absolute Gasteiger partial charge is 0.332 e. The topological polar surface area (TPSA) is 65.0 Å². The highest BCUT2D eigenvalue weighted by Gasteiger charge is 2.31. The molecule has 0 heterocycles. The molecule has 1 atom stereocenters. The summed E-state index contributed by atoms with van der Waals surface area (Å²) in [6.07, 6.45) is -0.0686. The largest absolute Gasteiger partial charge is 0.493 e. The molecule has 2 aromatic carbocycles. The van der Waals surface area contributed by atoms with Gasteiger partial charge in [-0.05, 0) is 58.8 Å². The molecule has 1 unspecified atom stereocenters. The summed E-state index contributed by atoms with van der Waals surface area (Å²) >= 11 is 0. The highest BCUT2D eigenvalue weighted by Crippen LogP contribution is 2.50. The van der Waals surface area contributed by atoms with Crippen molar-refractivity contribution in [2.75, 3.05) is 13.2 Å². The van der Waals surface area contributed by atoms with Crippen molar-refractivity contribution in [2.45, 2.75) is 131 Å². The van der Waals surface area contributed by atoms with E-state index in [2.05, 4.69) is 95.2 Å². The highest BCUT2D eigenvalue weighted by atomic mass is 31.2. The fourth-order valence-corrected chi connectivity index (χ4v) is 5.92. The van der Waals surface area contributed by atoms with Crippen molar-refractivity contribution < 1.29 is 23.5 Å². The molecule has 40 heavy (non-hydrogen) atoms. The lowest BCUT2D eigenvalue weighted by Crippen LogP contribution is -2.21. The van der Waals surface area contributed by atoms with Gasteiger partial charge in [0, 0.05) is 22.3 Å². The van der Waals surface area contributed by atoms with E-state index in [-0.39, 0.29) is 34.4 Å². The number of rotatable bonds is 9. The minimum absolute atomic E-state index is 0.0433. The Labute approximate surface area is 244 Å². The maximum atomic E-state index is 13.5. The molecule has 2 rings (SSSR count). The van der Waals surface area contributed by atoms with E-state index in [1.807, 2.05) is 26.0 Å². The fraction of sp³-hybridized carbons (Fsp3) is 0.647. The summed E-state index contributed by atoms with van der Waals surface area (Å²) < 4.78 is 31.6. The van der Waals surface area contributed by atoms with Gasteiger partial charge in [-0.2, -0.15) is 0 Å². The normalized spacial score (nSPS) is 14.7. The van der Waals surface area contributed by atoms with Crippen molar-refractivity contribution in [3.05, 3.63) is 57.6 Å². The maximum absolute atomic E-state index is 13.5. The van der Waals surface area contributed by atoms with Crippen molar-refractivity contribution in [1.82, 2.24) is 0 Å². The van der Waals surface area contributed by atoms with E-state index >= 15 is 0 Å². The molecule has 0 spiro atoms. The molecular weight excluding hydrogens is 519 g/mol. The zero-order valence-corrected chi connectivity index (χ0v) is 28.6. The zero-order chi connectivity index (χ0) is 30.9. The summed E-state index contributed by atoms with van der Waals surface area (Å²) in [5.41, 5.74) is 5.13. The van der Waals surface area contributed by atoms with Crippen LogP contribution in [0.2, 0.25) is 0 Å².